The molecular weight excluding hydrogens is 264 g/mol. The molecule has 0 bridgehead atoms. The number of anilines is 1. The second-order valence-electron chi connectivity index (χ2n) is 6.28. The second kappa shape index (κ2) is 8.29. The van der Waals surface area contributed by atoms with Gasteiger partial charge in [0.25, 0.3) is 0 Å². The number of nitrogens with zero attached hydrogens (tertiary/aromatic N) is 3. The van der Waals surface area contributed by atoms with E-state index in [1.165, 1.54) is 12.8 Å². The van der Waals surface area contributed by atoms with Gasteiger partial charge >= 0.3 is 0 Å². The molecule has 1 aliphatic heterocycles. The Labute approximate surface area is 128 Å². The van der Waals surface area contributed by atoms with Gasteiger partial charge in [0.2, 0.25) is 0 Å². The Balaban J connectivity index is 1.79. The van der Waals surface area contributed by atoms with E-state index >= 15 is 0 Å². The van der Waals surface area contributed by atoms with E-state index in [0.29, 0.717) is 11.8 Å². The molecule has 21 heavy (non-hydrogen) atoms. The predicted octanol–water partition coefficient (Wildman–Crippen LogP) is 2.08. The van der Waals surface area contributed by atoms with E-state index in [1.807, 2.05) is 12.4 Å². The van der Waals surface area contributed by atoms with Crippen molar-refractivity contribution in [3.8, 4) is 0 Å². The second-order valence-corrected chi connectivity index (χ2v) is 6.28. The first kappa shape index (κ1) is 16.2. The van der Waals surface area contributed by atoms with Crippen LogP contribution in [0.1, 0.15) is 32.4 Å². The van der Waals surface area contributed by atoms with Gasteiger partial charge in [0.1, 0.15) is 5.82 Å². The SMILES string of the molecule is COCC1CCN(c2cnc(CNCC(C)C)cn2)CC1. The van der Waals surface area contributed by atoms with Crippen molar-refractivity contribution in [1.29, 1.82) is 0 Å². The predicted molar refractivity (Wildman–Crippen MR) is 85.4 cm³/mol. The van der Waals surface area contributed by atoms with E-state index in [9.17, 15) is 0 Å². The minimum Gasteiger partial charge on any atom is -0.384 e. The van der Waals surface area contributed by atoms with Gasteiger partial charge in [0.05, 0.1) is 18.1 Å². The van der Waals surface area contributed by atoms with Gasteiger partial charge in [-0.15, -0.1) is 0 Å². The zero-order chi connectivity index (χ0) is 15.1. The number of nitrogens with one attached hydrogen (secondary N) is 1. The van der Waals surface area contributed by atoms with Gasteiger partial charge in [-0.3, -0.25) is 4.98 Å². The lowest BCUT2D eigenvalue weighted by Crippen LogP contribution is -2.35. The lowest BCUT2D eigenvalue weighted by molar-refractivity contribution is 0.139. The van der Waals surface area contributed by atoms with E-state index in [4.69, 9.17) is 4.74 Å². The van der Waals surface area contributed by atoms with Crippen molar-refractivity contribution in [1.82, 2.24) is 15.3 Å². The van der Waals surface area contributed by atoms with Crippen LogP contribution in [0.4, 0.5) is 5.82 Å². The highest BCUT2D eigenvalue weighted by Gasteiger charge is 2.20. The summed E-state index contributed by atoms with van der Waals surface area (Å²) in [7, 11) is 1.78. The van der Waals surface area contributed by atoms with Crippen molar-refractivity contribution in [2.75, 3.05) is 38.3 Å². The highest BCUT2D eigenvalue weighted by molar-refractivity contribution is 5.36. The third-order valence-electron chi connectivity index (χ3n) is 3.89. The monoisotopic (exact) mass is 292 g/mol. The maximum absolute atomic E-state index is 5.24. The summed E-state index contributed by atoms with van der Waals surface area (Å²) in [5.41, 5.74) is 1.01. The van der Waals surface area contributed by atoms with Crippen molar-refractivity contribution in [3.05, 3.63) is 18.1 Å². The molecular formula is C16H28N4O. The normalized spacial score (nSPS) is 16.7. The van der Waals surface area contributed by atoms with Crippen LogP contribution < -0.4 is 10.2 Å². The molecule has 0 spiro atoms. The molecule has 0 aliphatic carbocycles. The number of hydrogen-bond donors (Lipinski definition) is 1. The lowest BCUT2D eigenvalue weighted by Gasteiger charge is -2.32. The maximum Gasteiger partial charge on any atom is 0.147 e. The molecule has 5 heteroatoms. The van der Waals surface area contributed by atoms with Crippen LogP contribution in [0, 0.1) is 11.8 Å². The average molecular weight is 292 g/mol. The molecule has 1 aromatic rings. The van der Waals surface area contributed by atoms with Crippen molar-refractivity contribution in [3.63, 3.8) is 0 Å². The smallest absolute Gasteiger partial charge is 0.147 e. The number of methoxy groups -OCH3 is 1. The molecule has 2 heterocycles. The number of piperidine rings is 1. The molecule has 118 valence electrons. The summed E-state index contributed by atoms with van der Waals surface area (Å²) in [6.45, 7) is 9.18. The molecule has 1 aromatic heterocycles. The van der Waals surface area contributed by atoms with Crippen LogP contribution in [0.5, 0.6) is 0 Å². The number of hydrogen-bond acceptors (Lipinski definition) is 5. The van der Waals surface area contributed by atoms with Crippen molar-refractivity contribution >= 4 is 5.82 Å². The van der Waals surface area contributed by atoms with Gasteiger partial charge in [-0.25, -0.2) is 4.98 Å². The Morgan fingerprint density at radius 1 is 1.29 bits per heavy atom. The van der Waals surface area contributed by atoms with E-state index in [-0.39, 0.29) is 0 Å². The minimum atomic E-state index is 0.658. The topological polar surface area (TPSA) is 50.3 Å². The summed E-state index contributed by atoms with van der Waals surface area (Å²) < 4.78 is 5.24. The molecule has 2 rings (SSSR count). The quantitative estimate of drug-likeness (QED) is 0.834. The Hall–Kier alpha value is -1.20. The van der Waals surface area contributed by atoms with Crippen LogP contribution in [0.3, 0.4) is 0 Å². The molecule has 1 fully saturated rings. The van der Waals surface area contributed by atoms with Gasteiger partial charge in [0.15, 0.2) is 0 Å². The Morgan fingerprint density at radius 2 is 2.05 bits per heavy atom. The molecule has 0 saturated carbocycles. The van der Waals surface area contributed by atoms with Crippen LogP contribution >= 0.6 is 0 Å². The van der Waals surface area contributed by atoms with Crippen LogP contribution in [0.25, 0.3) is 0 Å². The first-order valence-corrected chi connectivity index (χ1v) is 7.94. The van der Waals surface area contributed by atoms with E-state index in [1.54, 1.807) is 7.11 Å². The van der Waals surface area contributed by atoms with Crippen LogP contribution in [-0.4, -0.2) is 43.3 Å². The molecule has 1 saturated heterocycles. The molecule has 0 radical (unpaired) electrons. The van der Waals surface area contributed by atoms with E-state index in [2.05, 4.69) is 34.0 Å². The third-order valence-corrected chi connectivity index (χ3v) is 3.89. The average Bonchev–Trinajstić information content (AvgIpc) is 2.49. The van der Waals surface area contributed by atoms with Crippen LogP contribution in [0.2, 0.25) is 0 Å². The number of aromatic nitrogens is 2. The fourth-order valence-electron chi connectivity index (χ4n) is 2.66. The van der Waals surface area contributed by atoms with Crippen molar-refractivity contribution in [2.45, 2.75) is 33.2 Å². The highest BCUT2D eigenvalue weighted by atomic mass is 16.5. The Kier molecular flexibility index (Phi) is 6.39. The summed E-state index contributed by atoms with van der Waals surface area (Å²) in [6, 6.07) is 0. The third kappa shape index (κ3) is 5.25. The van der Waals surface area contributed by atoms with Gasteiger partial charge in [-0.2, -0.15) is 0 Å². The molecule has 5 nitrogen and oxygen atoms in total. The maximum atomic E-state index is 5.24. The molecule has 0 amide bonds. The molecule has 1 N–H and O–H groups in total. The van der Waals surface area contributed by atoms with Crippen molar-refractivity contribution < 1.29 is 4.74 Å². The van der Waals surface area contributed by atoms with E-state index in [0.717, 1.165) is 44.3 Å². The summed E-state index contributed by atoms with van der Waals surface area (Å²) in [5, 5.41) is 3.39. The molecule has 0 aromatic carbocycles. The number of rotatable bonds is 7. The Bertz CT molecular complexity index is 399. The zero-order valence-electron chi connectivity index (χ0n) is 13.5. The fraction of sp³-hybridized carbons (Fsp3) is 0.750. The van der Waals surface area contributed by atoms with Gasteiger partial charge in [-0.1, -0.05) is 13.8 Å². The van der Waals surface area contributed by atoms with Crippen molar-refractivity contribution in [2.24, 2.45) is 11.8 Å². The van der Waals surface area contributed by atoms with Gasteiger partial charge < -0.3 is 15.0 Å². The molecule has 0 unspecified atom stereocenters. The first-order valence-electron chi connectivity index (χ1n) is 7.94. The summed E-state index contributed by atoms with van der Waals surface area (Å²) in [6.07, 6.45) is 6.15. The highest BCUT2D eigenvalue weighted by Crippen LogP contribution is 2.21. The summed E-state index contributed by atoms with van der Waals surface area (Å²) >= 11 is 0. The molecule has 1 aliphatic rings. The van der Waals surface area contributed by atoms with Gasteiger partial charge in [-0.05, 0) is 31.2 Å². The Morgan fingerprint density at radius 3 is 2.62 bits per heavy atom. The zero-order valence-corrected chi connectivity index (χ0v) is 13.5. The summed E-state index contributed by atoms with van der Waals surface area (Å²) in [4.78, 5) is 11.4. The van der Waals surface area contributed by atoms with Crippen LogP contribution in [-0.2, 0) is 11.3 Å². The fourth-order valence-corrected chi connectivity index (χ4v) is 2.66. The molecule has 0 atom stereocenters. The van der Waals surface area contributed by atoms with Gasteiger partial charge in [0, 0.05) is 33.4 Å². The first-order chi connectivity index (χ1) is 10.2. The largest absolute Gasteiger partial charge is 0.384 e. The standard InChI is InChI=1S/C16H28N4O/c1-13(2)8-17-9-15-10-19-16(11-18-15)20-6-4-14(5-7-20)12-21-3/h10-11,13-14,17H,4-9,12H2,1-3H3. The van der Waals surface area contributed by atoms with E-state index < -0.39 is 0 Å². The van der Waals surface area contributed by atoms with Crippen LogP contribution in [0.15, 0.2) is 12.4 Å². The lowest BCUT2D eigenvalue weighted by atomic mass is 9.98. The number of ether oxygens (including phenoxy) is 1. The minimum absolute atomic E-state index is 0.658. The summed E-state index contributed by atoms with van der Waals surface area (Å²) in [5.74, 6) is 2.35.